The zero-order valence-corrected chi connectivity index (χ0v) is 10.9. The fraction of sp³-hybridized carbons (Fsp3) is 0.400. The number of benzene rings is 1. The lowest BCUT2D eigenvalue weighted by Crippen LogP contribution is -2.38. The van der Waals surface area contributed by atoms with Gasteiger partial charge in [-0.1, -0.05) is 6.07 Å². The lowest BCUT2D eigenvalue weighted by atomic mass is 10.2. The van der Waals surface area contributed by atoms with Crippen LogP contribution in [0.15, 0.2) is 23.1 Å². The predicted molar refractivity (Wildman–Crippen MR) is 66.7 cm³/mol. The minimum Gasteiger partial charge on any atom is -0.329 e. The molecule has 0 radical (unpaired) electrons. The summed E-state index contributed by atoms with van der Waals surface area (Å²) < 4.78 is 26.4. The topological polar surface area (TPSA) is 115 Å². The second kappa shape index (κ2) is 5.42. The lowest BCUT2D eigenvalue weighted by molar-refractivity contribution is -0.385. The van der Waals surface area contributed by atoms with Gasteiger partial charge in [-0.05, 0) is 19.9 Å². The van der Waals surface area contributed by atoms with Gasteiger partial charge in [-0.2, -0.15) is 0 Å². The fourth-order valence-corrected chi connectivity index (χ4v) is 2.99. The largest absolute Gasteiger partial charge is 0.329 e. The number of nitro groups is 1. The van der Waals surface area contributed by atoms with Gasteiger partial charge in [-0.25, -0.2) is 13.1 Å². The Hall–Kier alpha value is -1.51. The molecular formula is C10H15N3O4S. The maximum absolute atomic E-state index is 12.0. The maximum Gasteiger partial charge on any atom is 0.273 e. The summed E-state index contributed by atoms with van der Waals surface area (Å²) in [5.74, 6) is 0. The van der Waals surface area contributed by atoms with Crippen LogP contribution in [-0.4, -0.2) is 25.9 Å². The fourth-order valence-electron chi connectivity index (χ4n) is 1.47. The van der Waals surface area contributed by atoms with Crippen molar-refractivity contribution < 1.29 is 13.3 Å². The van der Waals surface area contributed by atoms with Crippen molar-refractivity contribution in [2.24, 2.45) is 5.73 Å². The molecule has 0 aliphatic heterocycles. The summed E-state index contributed by atoms with van der Waals surface area (Å²) >= 11 is 0. The van der Waals surface area contributed by atoms with Crippen LogP contribution in [0.4, 0.5) is 5.69 Å². The number of hydrogen-bond acceptors (Lipinski definition) is 5. The van der Waals surface area contributed by atoms with Gasteiger partial charge < -0.3 is 5.73 Å². The zero-order valence-electron chi connectivity index (χ0n) is 10.1. The molecule has 0 heterocycles. The predicted octanol–water partition coefficient (Wildman–Crippen LogP) is 0.529. The molecule has 0 saturated heterocycles. The molecule has 1 atom stereocenters. The quantitative estimate of drug-likeness (QED) is 0.599. The molecule has 0 bridgehead atoms. The van der Waals surface area contributed by atoms with Crippen LogP contribution in [0.3, 0.4) is 0 Å². The molecular weight excluding hydrogens is 258 g/mol. The van der Waals surface area contributed by atoms with Gasteiger partial charge in [0, 0.05) is 24.2 Å². The Morgan fingerprint density at radius 3 is 2.61 bits per heavy atom. The molecule has 0 aliphatic carbocycles. The molecule has 100 valence electrons. The summed E-state index contributed by atoms with van der Waals surface area (Å²) in [6.45, 7) is 3.16. The Kier molecular flexibility index (Phi) is 4.38. The van der Waals surface area contributed by atoms with Crippen molar-refractivity contribution in [3.8, 4) is 0 Å². The number of nitrogens with two attached hydrogens (primary N) is 1. The molecule has 0 spiro atoms. The first-order valence-electron chi connectivity index (χ1n) is 5.26. The summed E-state index contributed by atoms with van der Waals surface area (Å²) in [6.07, 6.45) is 0. The molecule has 1 unspecified atom stereocenters. The van der Waals surface area contributed by atoms with Crippen LogP contribution in [0.2, 0.25) is 0 Å². The van der Waals surface area contributed by atoms with Crippen molar-refractivity contribution in [3.63, 3.8) is 0 Å². The smallest absolute Gasteiger partial charge is 0.273 e. The molecule has 0 amide bonds. The molecule has 0 fully saturated rings. The third kappa shape index (κ3) is 3.03. The molecule has 1 aromatic rings. The van der Waals surface area contributed by atoms with E-state index < -0.39 is 21.0 Å². The third-order valence-corrected chi connectivity index (χ3v) is 4.19. The lowest BCUT2D eigenvalue weighted by Gasteiger charge is -2.13. The van der Waals surface area contributed by atoms with Crippen molar-refractivity contribution in [2.75, 3.05) is 6.54 Å². The highest BCUT2D eigenvalue weighted by molar-refractivity contribution is 7.89. The molecule has 1 rings (SSSR count). The molecule has 0 aromatic heterocycles. The first kappa shape index (κ1) is 14.6. The molecule has 7 nitrogen and oxygen atoms in total. The Balaban J connectivity index is 3.26. The van der Waals surface area contributed by atoms with E-state index in [1.807, 2.05) is 0 Å². The van der Waals surface area contributed by atoms with Gasteiger partial charge in [0.1, 0.15) is 0 Å². The molecule has 0 saturated carbocycles. The third-order valence-electron chi connectivity index (χ3n) is 2.45. The number of hydrogen-bond donors (Lipinski definition) is 2. The average molecular weight is 273 g/mol. The van der Waals surface area contributed by atoms with Crippen LogP contribution in [0.25, 0.3) is 0 Å². The zero-order chi connectivity index (χ0) is 13.9. The van der Waals surface area contributed by atoms with E-state index in [2.05, 4.69) is 4.72 Å². The molecule has 3 N–H and O–H groups in total. The molecule has 1 aromatic carbocycles. The van der Waals surface area contributed by atoms with Crippen molar-refractivity contribution in [2.45, 2.75) is 24.8 Å². The summed E-state index contributed by atoms with van der Waals surface area (Å²) in [6, 6.07) is 3.50. The summed E-state index contributed by atoms with van der Waals surface area (Å²) in [4.78, 5) is 10.0. The minimum absolute atomic E-state index is 0.100. The summed E-state index contributed by atoms with van der Waals surface area (Å²) in [7, 11) is -3.79. The van der Waals surface area contributed by atoms with E-state index in [4.69, 9.17) is 5.73 Å². The highest BCUT2D eigenvalue weighted by Crippen LogP contribution is 2.24. The van der Waals surface area contributed by atoms with Crippen LogP contribution in [0, 0.1) is 17.0 Å². The first-order chi connectivity index (χ1) is 8.29. The van der Waals surface area contributed by atoms with Gasteiger partial charge >= 0.3 is 0 Å². The summed E-state index contributed by atoms with van der Waals surface area (Å²) in [5.41, 5.74) is 5.22. The maximum atomic E-state index is 12.0. The van der Waals surface area contributed by atoms with Crippen molar-refractivity contribution in [1.82, 2.24) is 4.72 Å². The van der Waals surface area contributed by atoms with E-state index >= 15 is 0 Å². The van der Waals surface area contributed by atoms with Crippen LogP contribution >= 0.6 is 0 Å². The van der Waals surface area contributed by atoms with Crippen molar-refractivity contribution in [3.05, 3.63) is 33.9 Å². The van der Waals surface area contributed by atoms with Gasteiger partial charge in [0.15, 0.2) is 0 Å². The SMILES string of the molecule is Cc1c([N+](=O)[O-])cccc1S(=O)(=O)NC(C)CN. The van der Waals surface area contributed by atoms with Gasteiger partial charge in [-0.3, -0.25) is 10.1 Å². The number of nitrogens with one attached hydrogen (secondary N) is 1. The van der Waals surface area contributed by atoms with Gasteiger partial charge in [0.25, 0.3) is 5.69 Å². The molecule has 8 heteroatoms. The average Bonchev–Trinajstić information content (AvgIpc) is 2.27. The van der Waals surface area contributed by atoms with Gasteiger partial charge in [0.2, 0.25) is 10.0 Å². The highest BCUT2D eigenvalue weighted by atomic mass is 32.2. The van der Waals surface area contributed by atoms with E-state index in [9.17, 15) is 18.5 Å². The van der Waals surface area contributed by atoms with Crippen LogP contribution in [0.5, 0.6) is 0 Å². The molecule has 18 heavy (non-hydrogen) atoms. The van der Waals surface area contributed by atoms with Crippen LogP contribution < -0.4 is 10.5 Å². The first-order valence-corrected chi connectivity index (χ1v) is 6.74. The number of nitro benzene ring substituents is 1. The van der Waals surface area contributed by atoms with E-state index in [1.54, 1.807) is 6.92 Å². The van der Waals surface area contributed by atoms with Gasteiger partial charge in [-0.15, -0.1) is 0 Å². The number of rotatable bonds is 5. The van der Waals surface area contributed by atoms with Crippen molar-refractivity contribution >= 4 is 15.7 Å². The monoisotopic (exact) mass is 273 g/mol. The van der Waals surface area contributed by atoms with E-state index in [1.165, 1.54) is 25.1 Å². The molecule has 0 aliphatic rings. The van der Waals surface area contributed by atoms with Crippen LogP contribution in [-0.2, 0) is 10.0 Å². The van der Waals surface area contributed by atoms with E-state index in [-0.39, 0.29) is 22.7 Å². The van der Waals surface area contributed by atoms with E-state index in [0.29, 0.717) is 0 Å². The number of sulfonamides is 1. The Morgan fingerprint density at radius 2 is 2.11 bits per heavy atom. The van der Waals surface area contributed by atoms with E-state index in [0.717, 1.165) is 0 Å². The highest BCUT2D eigenvalue weighted by Gasteiger charge is 2.23. The van der Waals surface area contributed by atoms with Gasteiger partial charge in [0.05, 0.1) is 9.82 Å². The Labute approximate surface area is 105 Å². The standard InChI is InChI=1S/C10H15N3O4S/c1-7(6-11)12-18(16,17)10-5-3-4-9(8(10)2)13(14)15/h3-5,7,12H,6,11H2,1-2H3. The second-order valence-electron chi connectivity index (χ2n) is 3.92. The second-order valence-corrected chi connectivity index (χ2v) is 5.60. The van der Waals surface area contributed by atoms with Crippen molar-refractivity contribution in [1.29, 1.82) is 0 Å². The number of nitrogens with zero attached hydrogens (tertiary/aromatic N) is 1. The Bertz CT molecular complexity index is 556. The Morgan fingerprint density at radius 1 is 1.50 bits per heavy atom. The normalized spacial score (nSPS) is 13.3. The summed E-state index contributed by atoms with van der Waals surface area (Å²) in [5, 5.41) is 10.7. The minimum atomic E-state index is -3.79. The van der Waals surface area contributed by atoms with Crippen LogP contribution in [0.1, 0.15) is 12.5 Å².